The first-order valence-corrected chi connectivity index (χ1v) is 7.30. The second-order valence-corrected chi connectivity index (χ2v) is 5.48. The van der Waals surface area contributed by atoms with Crippen molar-refractivity contribution in [3.05, 3.63) is 46.1 Å². The molecule has 0 aliphatic carbocycles. The molecule has 1 atom stereocenters. The van der Waals surface area contributed by atoms with E-state index in [1.165, 1.54) is 6.92 Å². The average molecular weight is 368 g/mol. The van der Waals surface area contributed by atoms with Gasteiger partial charge >= 0.3 is 5.97 Å². The average Bonchev–Trinajstić information content (AvgIpc) is 2.91. The van der Waals surface area contributed by atoms with E-state index in [1.54, 1.807) is 37.3 Å². The van der Waals surface area contributed by atoms with Crippen molar-refractivity contribution in [3.63, 3.8) is 0 Å². The number of Topliss-reactive ketones (excluding diaryl/α,β-unsaturated/α-hetero) is 1. The smallest absolute Gasteiger partial charge is 0.344 e. The SMILES string of the molecule is Cc1cc(OCC(=O)O[C@H](C)C(=O)c2ccc(Br)cc2)no1. The van der Waals surface area contributed by atoms with Gasteiger partial charge in [0.2, 0.25) is 5.78 Å². The van der Waals surface area contributed by atoms with Crippen molar-refractivity contribution in [1.29, 1.82) is 0 Å². The molecule has 22 heavy (non-hydrogen) atoms. The Balaban J connectivity index is 1.85. The van der Waals surface area contributed by atoms with Gasteiger partial charge in [-0.3, -0.25) is 4.79 Å². The van der Waals surface area contributed by atoms with Crippen molar-refractivity contribution in [2.45, 2.75) is 20.0 Å². The fourth-order valence-electron chi connectivity index (χ4n) is 1.68. The summed E-state index contributed by atoms with van der Waals surface area (Å²) >= 11 is 3.29. The van der Waals surface area contributed by atoms with Crippen molar-refractivity contribution >= 4 is 27.7 Å². The molecule has 6 nitrogen and oxygen atoms in total. The summed E-state index contributed by atoms with van der Waals surface area (Å²) < 4.78 is 15.8. The molecule has 0 aliphatic heterocycles. The van der Waals surface area contributed by atoms with Crippen LogP contribution in [0.5, 0.6) is 5.88 Å². The maximum absolute atomic E-state index is 12.1. The molecule has 0 fully saturated rings. The lowest BCUT2D eigenvalue weighted by Gasteiger charge is -2.12. The Labute approximate surface area is 135 Å². The number of aryl methyl sites for hydroxylation is 1. The highest BCUT2D eigenvalue weighted by atomic mass is 79.9. The van der Waals surface area contributed by atoms with E-state index in [0.29, 0.717) is 11.3 Å². The van der Waals surface area contributed by atoms with Crippen molar-refractivity contribution in [2.75, 3.05) is 6.61 Å². The van der Waals surface area contributed by atoms with E-state index in [2.05, 4.69) is 21.1 Å². The van der Waals surface area contributed by atoms with Crippen LogP contribution < -0.4 is 4.74 Å². The van der Waals surface area contributed by atoms with Crippen LogP contribution in [0.2, 0.25) is 0 Å². The minimum Gasteiger partial charge on any atom is -0.463 e. The van der Waals surface area contributed by atoms with Crippen molar-refractivity contribution in [1.82, 2.24) is 5.16 Å². The monoisotopic (exact) mass is 367 g/mol. The largest absolute Gasteiger partial charge is 0.463 e. The van der Waals surface area contributed by atoms with Crippen LogP contribution in [0.4, 0.5) is 0 Å². The van der Waals surface area contributed by atoms with Gasteiger partial charge in [-0.2, -0.15) is 0 Å². The lowest BCUT2D eigenvalue weighted by molar-refractivity contribution is -0.148. The Morgan fingerprint density at radius 1 is 1.32 bits per heavy atom. The lowest BCUT2D eigenvalue weighted by atomic mass is 10.1. The first kappa shape index (κ1) is 16.2. The minimum absolute atomic E-state index is 0.196. The van der Waals surface area contributed by atoms with Crippen LogP contribution in [0.15, 0.2) is 39.3 Å². The van der Waals surface area contributed by atoms with Gasteiger partial charge in [-0.15, -0.1) is 0 Å². The van der Waals surface area contributed by atoms with Crippen LogP contribution >= 0.6 is 15.9 Å². The van der Waals surface area contributed by atoms with Crippen LogP contribution in [-0.2, 0) is 9.53 Å². The Bertz CT molecular complexity index is 665. The lowest BCUT2D eigenvalue weighted by Crippen LogP contribution is -2.27. The van der Waals surface area contributed by atoms with Gasteiger partial charge in [-0.25, -0.2) is 4.79 Å². The van der Waals surface area contributed by atoms with E-state index >= 15 is 0 Å². The summed E-state index contributed by atoms with van der Waals surface area (Å²) in [6.07, 6.45) is -0.892. The second-order valence-electron chi connectivity index (χ2n) is 4.57. The third kappa shape index (κ3) is 4.42. The summed E-state index contributed by atoms with van der Waals surface area (Å²) in [5, 5.41) is 3.58. The minimum atomic E-state index is -0.892. The summed E-state index contributed by atoms with van der Waals surface area (Å²) in [5.41, 5.74) is 0.469. The van der Waals surface area contributed by atoms with E-state index < -0.39 is 12.1 Å². The van der Waals surface area contributed by atoms with Gasteiger partial charge in [0.15, 0.2) is 12.7 Å². The molecule has 0 unspecified atom stereocenters. The fourth-order valence-corrected chi connectivity index (χ4v) is 1.94. The molecule has 7 heteroatoms. The van der Waals surface area contributed by atoms with Gasteiger partial charge in [0.25, 0.3) is 5.88 Å². The number of hydrogen-bond donors (Lipinski definition) is 0. The number of carbonyl (C=O) groups excluding carboxylic acids is 2. The van der Waals surface area contributed by atoms with E-state index in [-0.39, 0.29) is 18.3 Å². The van der Waals surface area contributed by atoms with Gasteiger partial charge in [0, 0.05) is 16.1 Å². The number of halogens is 1. The molecular formula is C15H14BrNO5. The first-order valence-electron chi connectivity index (χ1n) is 6.51. The van der Waals surface area contributed by atoms with Crippen LogP contribution in [0.25, 0.3) is 0 Å². The third-order valence-electron chi connectivity index (χ3n) is 2.75. The van der Waals surface area contributed by atoms with Crippen molar-refractivity contribution < 1.29 is 23.6 Å². The zero-order valence-corrected chi connectivity index (χ0v) is 13.6. The molecule has 0 amide bonds. The molecule has 0 aliphatic rings. The number of carbonyl (C=O) groups is 2. The Morgan fingerprint density at radius 3 is 2.59 bits per heavy atom. The number of ether oxygens (including phenoxy) is 2. The summed E-state index contributed by atoms with van der Waals surface area (Å²) in [5.74, 6) is -0.166. The molecule has 1 heterocycles. The van der Waals surface area contributed by atoms with Crippen LogP contribution in [0.1, 0.15) is 23.0 Å². The maximum atomic E-state index is 12.1. The number of benzene rings is 1. The molecule has 0 saturated heterocycles. The zero-order valence-electron chi connectivity index (χ0n) is 12.0. The molecule has 2 rings (SSSR count). The number of esters is 1. The third-order valence-corrected chi connectivity index (χ3v) is 3.28. The number of nitrogens with zero attached hydrogens (tertiary/aromatic N) is 1. The number of ketones is 1. The Hall–Kier alpha value is -2.15. The molecule has 0 N–H and O–H groups in total. The summed E-state index contributed by atoms with van der Waals surface area (Å²) in [4.78, 5) is 23.8. The predicted octanol–water partition coefficient (Wildman–Crippen LogP) is 2.94. The molecule has 0 saturated carbocycles. The normalized spacial score (nSPS) is 11.8. The quantitative estimate of drug-likeness (QED) is 0.576. The second kappa shape index (κ2) is 7.22. The molecule has 0 radical (unpaired) electrons. The molecule has 2 aromatic rings. The molecular weight excluding hydrogens is 354 g/mol. The maximum Gasteiger partial charge on any atom is 0.344 e. The fraction of sp³-hybridized carbons (Fsp3) is 0.267. The van der Waals surface area contributed by atoms with Crippen LogP contribution in [0.3, 0.4) is 0 Å². The topological polar surface area (TPSA) is 78.6 Å². The zero-order chi connectivity index (χ0) is 16.1. The summed E-state index contributed by atoms with van der Waals surface area (Å²) in [6, 6.07) is 8.36. The standard InChI is InChI=1S/C15H14BrNO5/c1-9-7-13(17-22-9)20-8-14(18)21-10(2)15(19)11-3-5-12(16)6-4-11/h3-7,10H,8H2,1-2H3/t10-/m1/s1. The number of hydrogen-bond acceptors (Lipinski definition) is 6. The Kier molecular flexibility index (Phi) is 5.32. The van der Waals surface area contributed by atoms with E-state index in [4.69, 9.17) is 14.0 Å². The van der Waals surface area contributed by atoms with Crippen LogP contribution in [0, 0.1) is 6.92 Å². The van der Waals surface area contributed by atoms with Gasteiger partial charge in [-0.1, -0.05) is 28.1 Å². The van der Waals surface area contributed by atoms with Gasteiger partial charge in [-0.05, 0) is 31.1 Å². The highest BCUT2D eigenvalue weighted by Gasteiger charge is 2.20. The molecule has 116 valence electrons. The van der Waals surface area contributed by atoms with Crippen molar-refractivity contribution in [3.8, 4) is 5.88 Å². The van der Waals surface area contributed by atoms with Crippen LogP contribution in [-0.4, -0.2) is 29.6 Å². The van der Waals surface area contributed by atoms with Crippen molar-refractivity contribution in [2.24, 2.45) is 0 Å². The molecule has 0 spiro atoms. The van der Waals surface area contributed by atoms with E-state index in [9.17, 15) is 9.59 Å². The number of aromatic nitrogens is 1. The molecule has 1 aromatic heterocycles. The highest BCUT2D eigenvalue weighted by Crippen LogP contribution is 2.13. The molecule has 0 bridgehead atoms. The summed E-state index contributed by atoms with van der Waals surface area (Å²) in [7, 11) is 0. The Morgan fingerprint density at radius 2 is 2.00 bits per heavy atom. The first-order chi connectivity index (χ1) is 10.5. The van der Waals surface area contributed by atoms with Gasteiger partial charge in [0.1, 0.15) is 5.76 Å². The van der Waals surface area contributed by atoms with E-state index in [1.807, 2.05) is 0 Å². The van der Waals surface area contributed by atoms with E-state index in [0.717, 1.165) is 4.47 Å². The van der Waals surface area contributed by atoms with Gasteiger partial charge in [0.05, 0.1) is 0 Å². The summed E-state index contributed by atoms with van der Waals surface area (Å²) in [6.45, 7) is 2.88. The highest BCUT2D eigenvalue weighted by molar-refractivity contribution is 9.10. The number of rotatable bonds is 6. The predicted molar refractivity (Wildman–Crippen MR) is 80.8 cm³/mol. The van der Waals surface area contributed by atoms with Gasteiger partial charge < -0.3 is 14.0 Å². The molecule has 1 aromatic carbocycles.